The molecular formula is C26H26N6O4S. The Morgan fingerprint density at radius 3 is 2.73 bits per heavy atom. The van der Waals surface area contributed by atoms with Crippen LogP contribution >= 0.6 is 11.8 Å². The van der Waals surface area contributed by atoms with Gasteiger partial charge in [0, 0.05) is 42.9 Å². The highest BCUT2D eigenvalue weighted by molar-refractivity contribution is 7.99. The molecule has 1 fully saturated rings. The van der Waals surface area contributed by atoms with Crippen molar-refractivity contribution in [1.29, 1.82) is 0 Å². The minimum Gasteiger partial charge on any atom is -0.392 e. The van der Waals surface area contributed by atoms with Gasteiger partial charge in [-0.05, 0) is 45.8 Å². The van der Waals surface area contributed by atoms with Crippen molar-refractivity contribution in [3.8, 4) is 0 Å². The first kappa shape index (κ1) is 25.0. The van der Waals surface area contributed by atoms with Gasteiger partial charge in [-0.1, -0.05) is 48.2 Å². The lowest BCUT2D eigenvalue weighted by Crippen LogP contribution is -2.31. The molecule has 1 aliphatic heterocycles. The Labute approximate surface area is 218 Å². The predicted octanol–water partition coefficient (Wildman–Crippen LogP) is 3.69. The van der Waals surface area contributed by atoms with Gasteiger partial charge in [-0.25, -0.2) is 4.68 Å². The molecule has 0 radical (unpaired) electrons. The summed E-state index contributed by atoms with van der Waals surface area (Å²) in [5.74, 6) is 0.389. The number of ether oxygens (including phenoxy) is 2. The summed E-state index contributed by atoms with van der Waals surface area (Å²) in [5.41, 5.74) is 3.73. The minimum atomic E-state index is -0.644. The zero-order valence-corrected chi connectivity index (χ0v) is 20.9. The SMILES string of the molecule is Cn1nnnc1SC[C@@H]1C[C@H](c2ccc(CO)cc2)O[C@H](c2cccc(NC(=O)c3cccnc3)c2)O1. The van der Waals surface area contributed by atoms with Gasteiger partial charge in [-0.3, -0.25) is 9.78 Å². The van der Waals surface area contributed by atoms with Gasteiger partial charge in [-0.15, -0.1) is 5.10 Å². The molecule has 2 aromatic carbocycles. The molecule has 0 saturated carbocycles. The molecule has 1 aliphatic rings. The summed E-state index contributed by atoms with van der Waals surface area (Å²) < 4.78 is 14.4. The molecule has 3 atom stereocenters. The van der Waals surface area contributed by atoms with Crippen LogP contribution in [-0.4, -0.2) is 48.1 Å². The average molecular weight is 519 g/mol. The number of pyridine rings is 1. The zero-order chi connectivity index (χ0) is 25.6. The number of aliphatic hydroxyl groups excluding tert-OH is 1. The molecular weight excluding hydrogens is 492 g/mol. The summed E-state index contributed by atoms with van der Waals surface area (Å²) in [6.45, 7) is -0.0138. The van der Waals surface area contributed by atoms with Gasteiger partial charge in [0.15, 0.2) is 6.29 Å². The Morgan fingerprint density at radius 2 is 2.00 bits per heavy atom. The van der Waals surface area contributed by atoms with Crippen LogP contribution in [0.4, 0.5) is 5.69 Å². The van der Waals surface area contributed by atoms with E-state index >= 15 is 0 Å². The second kappa shape index (κ2) is 11.6. The molecule has 4 aromatic rings. The topological polar surface area (TPSA) is 124 Å². The van der Waals surface area contributed by atoms with E-state index in [0.29, 0.717) is 28.6 Å². The van der Waals surface area contributed by atoms with Crippen molar-refractivity contribution in [2.75, 3.05) is 11.1 Å². The lowest BCUT2D eigenvalue weighted by molar-refractivity contribution is -0.245. The summed E-state index contributed by atoms with van der Waals surface area (Å²) in [5, 5.41) is 24.7. The molecule has 2 N–H and O–H groups in total. The van der Waals surface area contributed by atoms with E-state index < -0.39 is 6.29 Å². The van der Waals surface area contributed by atoms with Gasteiger partial charge in [0.05, 0.1) is 24.4 Å². The summed E-state index contributed by atoms with van der Waals surface area (Å²) in [7, 11) is 1.80. The maximum Gasteiger partial charge on any atom is 0.257 e. The van der Waals surface area contributed by atoms with E-state index in [1.54, 1.807) is 30.1 Å². The van der Waals surface area contributed by atoms with Crippen LogP contribution in [0.25, 0.3) is 0 Å². The monoisotopic (exact) mass is 518 g/mol. The fourth-order valence-electron chi connectivity index (χ4n) is 4.00. The third-order valence-electron chi connectivity index (χ3n) is 5.93. The van der Waals surface area contributed by atoms with Crippen molar-refractivity contribution >= 4 is 23.4 Å². The zero-order valence-electron chi connectivity index (χ0n) is 20.1. The van der Waals surface area contributed by atoms with E-state index in [2.05, 4.69) is 25.8 Å². The van der Waals surface area contributed by atoms with Gasteiger partial charge < -0.3 is 19.9 Å². The molecule has 11 heteroatoms. The fraction of sp³-hybridized carbons (Fsp3) is 0.269. The number of hydrogen-bond donors (Lipinski definition) is 2. The van der Waals surface area contributed by atoms with Crippen LogP contribution in [-0.2, 0) is 23.1 Å². The highest BCUT2D eigenvalue weighted by atomic mass is 32.2. The fourth-order valence-corrected chi connectivity index (χ4v) is 4.86. The van der Waals surface area contributed by atoms with Crippen LogP contribution < -0.4 is 5.32 Å². The Bertz CT molecular complexity index is 1330. The Hall–Kier alpha value is -3.64. The van der Waals surface area contributed by atoms with Crippen molar-refractivity contribution < 1.29 is 19.4 Å². The van der Waals surface area contributed by atoms with Crippen molar-refractivity contribution in [3.05, 3.63) is 95.3 Å². The van der Waals surface area contributed by atoms with Crippen molar-refractivity contribution in [3.63, 3.8) is 0 Å². The quantitative estimate of drug-likeness (QED) is 0.336. The van der Waals surface area contributed by atoms with E-state index in [9.17, 15) is 9.90 Å². The van der Waals surface area contributed by atoms with Gasteiger partial charge in [0.25, 0.3) is 5.91 Å². The normalized spacial score (nSPS) is 19.5. The molecule has 3 heterocycles. The molecule has 0 aliphatic carbocycles. The number of benzene rings is 2. The summed E-state index contributed by atoms with van der Waals surface area (Å²) >= 11 is 1.52. The van der Waals surface area contributed by atoms with Gasteiger partial charge in [0.2, 0.25) is 5.16 Å². The number of aliphatic hydroxyl groups is 1. The number of carbonyl (C=O) groups excluding carboxylic acids is 1. The number of aromatic nitrogens is 5. The summed E-state index contributed by atoms with van der Waals surface area (Å²) in [6, 6.07) is 18.6. The maximum atomic E-state index is 12.6. The average Bonchev–Trinajstić information content (AvgIpc) is 3.37. The number of nitrogens with zero attached hydrogens (tertiary/aromatic N) is 5. The van der Waals surface area contributed by atoms with E-state index in [-0.39, 0.29) is 24.7 Å². The molecule has 5 rings (SSSR count). The summed E-state index contributed by atoms with van der Waals surface area (Å²) in [6.07, 6.45) is 2.78. The van der Waals surface area contributed by atoms with Gasteiger partial charge in [-0.2, -0.15) is 0 Å². The molecule has 190 valence electrons. The third-order valence-corrected chi connectivity index (χ3v) is 7.08. The summed E-state index contributed by atoms with van der Waals surface area (Å²) in [4.78, 5) is 16.6. The molecule has 1 amide bonds. The van der Waals surface area contributed by atoms with Crippen LogP contribution in [0.2, 0.25) is 0 Å². The second-order valence-electron chi connectivity index (χ2n) is 8.57. The molecule has 0 spiro atoms. The highest BCUT2D eigenvalue weighted by Crippen LogP contribution is 2.39. The number of thioether (sulfide) groups is 1. The lowest BCUT2D eigenvalue weighted by atomic mass is 10.0. The number of rotatable bonds is 8. The number of tetrazole rings is 1. The molecule has 0 bridgehead atoms. The van der Waals surface area contributed by atoms with E-state index in [1.807, 2.05) is 48.5 Å². The van der Waals surface area contributed by atoms with E-state index in [0.717, 1.165) is 16.7 Å². The highest BCUT2D eigenvalue weighted by Gasteiger charge is 2.32. The van der Waals surface area contributed by atoms with E-state index in [1.165, 1.54) is 18.0 Å². The van der Waals surface area contributed by atoms with Crippen LogP contribution in [0, 0.1) is 0 Å². The number of hydrogen-bond acceptors (Lipinski definition) is 9. The third kappa shape index (κ3) is 6.20. The minimum absolute atomic E-state index is 0.0138. The Kier molecular flexibility index (Phi) is 7.85. The Balaban J connectivity index is 1.35. The van der Waals surface area contributed by atoms with E-state index in [4.69, 9.17) is 9.47 Å². The van der Waals surface area contributed by atoms with Gasteiger partial charge >= 0.3 is 0 Å². The standard InChI is InChI=1S/C26H26N6O4S/c1-32-26(29-30-31-32)37-16-22-13-23(18-9-7-17(15-33)8-10-18)36-25(35-22)19-4-2-6-21(12-19)28-24(34)20-5-3-11-27-14-20/h2-12,14,22-23,25,33H,13,15-16H2,1H3,(H,28,34)/t22-,23+,25+/m0/s1. The van der Waals surface area contributed by atoms with Crippen molar-refractivity contribution in [2.45, 2.75) is 36.7 Å². The number of nitrogens with one attached hydrogen (secondary N) is 1. The molecule has 0 unspecified atom stereocenters. The molecule has 1 saturated heterocycles. The Morgan fingerprint density at radius 1 is 1.14 bits per heavy atom. The first-order chi connectivity index (χ1) is 18.1. The molecule has 37 heavy (non-hydrogen) atoms. The van der Waals surface area contributed by atoms with Crippen molar-refractivity contribution in [2.24, 2.45) is 7.05 Å². The molecule has 2 aromatic heterocycles. The number of anilines is 1. The van der Waals surface area contributed by atoms with Crippen LogP contribution in [0.5, 0.6) is 0 Å². The van der Waals surface area contributed by atoms with Gasteiger partial charge in [0.1, 0.15) is 0 Å². The first-order valence-electron chi connectivity index (χ1n) is 11.8. The maximum absolute atomic E-state index is 12.6. The van der Waals surface area contributed by atoms with Crippen molar-refractivity contribution in [1.82, 2.24) is 25.2 Å². The number of amides is 1. The number of carbonyl (C=O) groups is 1. The lowest BCUT2D eigenvalue weighted by Gasteiger charge is -2.36. The largest absolute Gasteiger partial charge is 0.392 e. The van der Waals surface area contributed by atoms with Crippen LogP contribution in [0.15, 0.2) is 78.2 Å². The molecule has 10 nitrogen and oxygen atoms in total. The second-order valence-corrected chi connectivity index (χ2v) is 9.55. The van der Waals surface area contributed by atoms with Crippen LogP contribution in [0.1, 0.15) is 45.9 Å². The first-order valence-corrected chi connectivity index (χ1v) is 12.7. The number of aryl methyl sites for hydroxylation is 1. The van der Waals surface area contributed by atoms with Crippen LogP contribution in [0.3, 0.4) is 0 Å². The smallest absolute Gasteiger partial charge is 0.257 e. The predicted molar refractivity (Wildman–Crippen MR) is 137 cm³/mol.